The summed E-state index contributed by atoms with van der Waals surface area (Å²) in [6.45, 7) is 3.78. The van der Waals surface area contributed by atoms with Gasteiger partial charge in [0.1, 0.15) is 10.8 Å². The number of nitrogens with zero attached hydrogens (tertiary/aromatic N) is 2. The molecule has 0 atom stereocenters. The number of benzene rings is 2. The lowest BCUT2D eigenvalue weighted by atomic mass is 10.1. The molecule has 1 heterocycles. The molecule has 0 aliphatic heterocycles. The van der Waals surface area contributed by atoms with Crippen LogP contribution in [-0.4, -0.2) is 36.2 Å². The van der Waals surface area contributed by atoms with Gasteiger partial charge in [0, 0.05) is 0 Å². The van der Waals surface area contributed by atoms with Gasteiger partial charge in [0.2, 0.25) is 11.0 Å². The molecule has 30 heavy (non-hydrogen) atoms. The first-order valence-electron chi connectivity index (χ1n) is 9.10. The largest absolute Gasteiger partial charge is 0.324 e. The molecule has 0 radical (unpaired) electrons. The van der Waals surface area contributed by atoms with E-state index in [1.807, 2.05) is 13.8 Å². The number of aryl methyl sites for hydroxylation is 2. The number of hydrogen-bond acceptors (Lipinski definition) is 7. The smallest absolute Gasteiger partial charge is 0.259 e. The van der Waals surface area contributed by atoms with Crippen molar-refractivity contribution in [3.8, 4) is 0 Å². The molecule has 1 aromatic heterocycles. The summed E-state index contributed by atoms with van der Waals surface area (Å²) in [6, 6.07) is 12.6. The average Bonchev–Trinajstić information content (AvgIpc) is 3.15. The molecular weight excluding hydrogens is 424 g/mol. The molecule has 3 rings (SSSR count). The average molecular weight is 445 g/mol. The number of rotatable bonds is 7. The van der Waals surface area contributed by atoms with Crippen LogP contribution in [0, 0.1) is 6.92 Å². The fourth-order valence-electron chi connectivity index (χ4n) is 2.59. The second-order valence-corrected chi connectivity index (χ2v) is 9.53. The Morgan fingerprint density at radius 3 is 2.37 bits per heavy atom. The maximum Gasteiger partial charge on any atom is 0.259 e. The SMILES string of the molecule is CCc1nnc(NC(=O)c2ccccc2NC(=O)CS(=O)(=O)c2ccc(C)cc2)s1. The number of para-hydroxylation sites is 1. The monoisotopic (exact) mass is 444 g/mol. The van der Waals surface area contributed by atoms with Gasteiger partial charge in [-0.05, 0) is 37.6 Å². The fraction of sp³-hybridized carbons (Fsp3) is 0.200. The van der Waals surface area contributed by atoms with E-state index in [0.717, 1.165) is 10.6 Å². The molecule has 0 aliphatic carbocycles. The zero-order valence-electron chi connectivity index (χ0n) is 16.4. The minimum absolute atomic E-state index is 0.0669. The van der Waals surface area contributed by atoms with Crippen LogP contribution >= 0.6 is 11.3 Å². The fourth-order valence-corrected chi connectivity index (χ4v) is 4.40. The molecular formula is C20H20N4O4S2. The predicted octanol–water partition coefficient (Wildman–Crippen LogP) is 3.07. The summed E-state index contributed by atoms with van der Waals surface area (Å²) in [5.41, 5.74) is 1.31. The molecule has 156 valence electrons. The first-order chi connectivity index (χ1) is 14.3. The van der Waals surface area contributed by atoms with Crippen LogP contribution < -0.4 is 10.6 Å². The van der Waals surface area contributed by atoms with E-state index in [1.54, 1.807) is 24.3 Å². The van der Waals surface area contributed by atoms with Crippen molar-refractivity contribution in [2.45, 2.75) is 25.2 Å². The molecule has 0 saturated carbocycles. The van der Waals surface area contributed by atoms with Crippen LogP contribution in [0.1, 0.15) is 27.9 Å². The molecule has 8 nitrogen and oxygen atoms in total. The van der Waals surface area contributed by atoms with Gasteiger partial charge < -0.3 is 5.32 Å². The van der Waals surface area contributed by atoms with Gasteiger partial charge in [0.15, 0.2) is 9.84 Å². The topological polar surface area (TPSA) is 118 Å². The molecule has 10 heteroatoms. The number of aromatic nitrogens is 2. The summed E-state index contributed by atoms with van der Waals surface area (Å²) in [5, 5.41) is 14.1. The van der Waals surface area contributed by atoms with E-state index in [0.29, 0.717) is 11.6 Å². The summed E-state index contributed by atoms with van der Waals surface area (Å²) >= 11 is 1.26. The minimum atomic E-state index is -3.81. The maximum atomic E-state index is 12.6. The van der Waals surface area contributed by atoms with Gasteiger partial charge in [-0.1, -0.05) is 48.1 Å². The van der Waals surface area contributed by atoms with Crippen molar-refractivity contribution in [3.63, 3.8) is 0 Å². The summed E-state index contributed by atoms with van der Waals surface area (Å²) in [7, 11) is -3.81. The molecule has 2 N–H and O–H groups in total. The van der Waals surface area contributed by atoms with E-state index < -0.39 is 27.4 Å². The van der Waals surface area contributed by atoms with Gasteiger partial charge in [0.25, 0.3) is 5.91 Å². The van der Waals surface area contributed by atoms with Gasteiger partial charge in [-0.3, -0.25) is 14.9 Å². The van der Waals surface area contributed by atoms with Crippen molar-refractivity contribution in [1.29, 1.82) is 0 Å². The Kier molecular flexibility index (Phi) is 6.58. The molecule has 2 aromatic carbocycles. The predicted molar refractivity (Wildman–Crippen MR) is 116 cm³/mol. The lowest BCUT2D eigenvalue weighted by molar-refractivity contribution is -0.113. The van der Waals surface area contributed by atoms with Crippen LogP contribution in [-0.2, 0) is 21.1 Å². The molecule has 0 saturated heterocycles. The highest BCUT2D eigenvalue weighted by molar-refractivity contribution is 7.92. The summed E-state index contributed by atoms with van der Waals surface area (Å²) in [5.74, 6) is -1.95. The summed E-state index contributed by atoms with van der Waals surface area (Å²) < 4.78 is 25.0. The van der Waals surface area contributed by atoms with Crippen molar-refractivity contribution in [1.82, 2.24) is 10.2 Å². The summed E-state index contributed by atoms with van der Waals surface area (Å²) in [6.07, 6.45) is 0.704. The van der Waals surface area contributed by atoms with E-state index >= 15 is 0 Å². The van der Waals surface area contributed by atoms with Gasteiger partial charge in [-0.25, -0.2) is 8.42 Å². The first-order valence-corrected chi connectivity index (χ1v) is 11.6. The van der Waals surface area contributed by atoms with Crippen LogP contribution in [0.25, 0.3) is 0 Å². The number of hydrogen-bond donors (Lipinski definition) is 2. The third kappa shape index (κ3) is 5.28. The number of sulfone groups is 1. The number of anilines is 2. The first kappa shape index (κ1) is 21.6. The molecule has 0 bridgehead atoms. The van der Waals surface area contributed by atoms with Crippen LogP contribution in [0.2, 0.25) is 0 Å². The van der Waals surface area contributed by atoms with Crippen LogP contribution in [0.4, 0.5) is 10.8 Å². The second kappa shape index (κ2) is 9.14. The van der Waals surface area contributed by atoms with Crippen molar-refractivity contribution in [2.75, 3.05) is 16.4 Å². The van der Waals surface area contributed by atoms with Crippen LogP contribution in [0.5, 0.6) is 0 Å². The Balaban J connectivity index is 1.73. The Morgan fingerprint density at radius 2 is 1.70 bits per heavy atom. The number of carbonyl (C=O) groups excluding carboxylic acids is 2. The Morgan fingerprint density at radius 1 is 1.00 bits per heavy atom. The Labute approximate surface area is 178 Å². The van der Waals surface area contributed by atoms with E-state index in [-0.39, 0.29) is 16.1 Å². The normalized spacial score (nSPS) is 11.1. The van der Waals surface area contributed by atoms with Gasteiger partial charge >= 0.3 is 0 Å². The summed E-state index contributed by atoms with van der Waals surface area (Å²) in [4.78, 5) is 25.1. The molecule has 0 unspecified atom stereocenters. The van der Waals surface area contributed by atoms with Gasteiger partial charge in [-0.15, -0.1) is 10.2 Å². The van der Waals surface area contributed by atoms with Crippen molar-refractivity contribution in [2.24, 2.45) is 0 Å². The van der Waals surface area contributed by atoms with Crippen molar-refractivity contribution < 1.29 is 18.0 Å². The Bertz CT molecular complexity index is 1170. The molecule has 0 spiro atoms. The zero-order valence-corrected chi connectivity index (χ0v) is 18.0. The lowest BCUT2D eigenvalue weighted by Crippen LogP contribution is -2.24. The maximum absolute atomic E-state index is 12.6. The molecule has 2 amide bonds. The van der Waals surface area contributed by atoms with Gasteiger partial charge in [-0.2, -0.15) is 0 Å². The zero-order chi connectivity index (χ0) is 21.7. The number of amides is 2. The van der Waals surface area contributed by atoms with Gasteiger partial charge in [0.05, 0.1) is 16.1 Å². The van der Waals surface area contributed by atoms with Crippen LogP contribution in [0.15, 0.2) is 53.4 Å². The van der Waals surface area contributed by atoms with Crippen molar-refractivity contribution >= 4 is 43.8 Å². The molecule has 3 aromatic rings. The molecule has 0 fully saturated rings. The minimum Gasteiger partial charge on any atom is -0.324 e. The van der Waals surface area contributed by atoms with Crippen molar-refractivity contribution in [3.05, 3.63) is 64.7 Å². The van der Waals surface area contributed by atoms with E-state index in [9.17, 15) is 18.0 Å². The highest BCUT2D eigenvalue weighted by atomic mass is 32.2. The quantitative estimate of drug-likeness (QED) is 0.578. The van der Waals surface area contributed by atoms with E-state index in [4.69, 9.17) is 0 Å². The highest BCUT2D eigenvalue weighted by Gasteiger charge is 2.21. The standard InChI is InChI=1S/C20H20N4O4S2/c1-3-18-23-24-20(29-18)22-19(26)15-6-4-5-7-16(15)21-17(25)12-30(27,28)14-10-8-13(2)9-11-14/h4-11H,3,12H2,1-2H3,(H,21,25)(H,22,24,26). The Hall–Kier alpha value is -3.11. The van der Waals surface area contributed by atoms with E-state index in [2.05, 4.69) is 20.8 Å². The number of nitrogens with one attached hydrogen (secondary N) is 2. The third-order valence-electron chi connectivity index (χ3n) is 4.14. The number of carbonyl (C=O) groups is 2. The van der Waals surface area contributed by atoms with E-state index in [1.165, 1.54) is 35.6 Å². The molecule has 0 aliphatic rings. The third-order valence-corrected chi connectivity index (χ3v) is 6.75. The lowest BCUT2D eigenvalue weighted by Gasteiger charge is -2.11. The van der Waals surface area contributed by atoms with Crippen LogP contribution in [0.3, 0.4) is 0 Å². The second-order valence-electron chi connectivity index (χ2n) is 6.47. The highest BCUT2D eigenvalue weighted by Crippen LogP contribution is 2.20.